The van der Waals surface area contributed by atoms with Gasteiger partial charge in [0.1, 0.15) is 0 Å². The molecule has 0 spiro atoms. The first-order chi connectivity index (χ1) is 3.93. The van der Waals surface area contributed by atoms with Crippen LogP contribution in [0.15, 0.2) is 23.0 Å². The van der Waals surface area contributed by atoms with Crippen molar-refractivity contribution >= 4 is 10.9 Å². The van der Waals surface area contributed by atoms with Crippen LogP contribution in [-0.4, -0.2) is 12.4 Å². The molecule has 1 nitrogen and oxygen atoms in total. The average molecular weight is 129 g/mol. The summed E-state index contributed by atoms with van der Waals surface area (Å²) in [5, 5.41) is 14.3. The zero-order valence-corrected chi connectivity index (χ0v) is 5.47. The summed E-state index contributed by atoms with van der Waals surface area (Å²) in [4.78, 5) is 0. The van der Waals surface area contributed by atoms with Crippen LogP contribution in [0.3, 0.4) is 0 Å². The molecular formula is C6H9OS. The van der Waals surface area contributed by atoms with Crippen molar-refractivity contribution < 1.29 is 5.11 Å². The number of allylic oxidation sites excluding steroid dienone is 2. The molecule has 0 fully saturated rings. The van der Waals surface area contributed by atoms with Crippen molar-refractivity contribution in [2.45, 2.75) is 0 Å². The van der Waals surface area contributed by atoms with Crippen molar-refractivity contribution in [1.29, 1.82) is 0 Å². The quantitative estimate of drug-likeness (QED) is 0.545. The average Bonchev–Trinajstić information content (AvgIpc) is 2.19. The Morgan fingerprint density at radius 3 is 2.38 bits per heavy atom. The molecule has 0 aromatic carbocycles. The van der Waals surface area contributed by atoms with Crippen molar-refractivity contribution in [1.82, 2.24) is 0 Å². The van der Waals surface area contributed by atoms with E-state index in [1.165, 1.54) is 0 Å². The van der Waals surface area contributed by atoms with Crippen LogP contribution in [0.25, 0.3) is 0 Å². The van der Waals surface area contributed by atoms with Gasteiger partial charge >= 0.3 is 0 Å². The molecule has 8 heavy (non-hydrogen) atoms. The van der Waals surface area contributed by atoms with Gasteiger partial charge in [0, 0.05) is 5.75 Å². The van der Waals surface area contributed by atoms with Crippen LogP contribution in [0, 0.1) is 0 Å². The Hall–Kier alpha value is -0.210. The zero-order chi connectivity index (χ0) is 5.82. The van der Waals surface area contributed by atoms with E-state index in [4.69, 9.17) is 0 Å². The molecule has 1 aliphatic rings. The molecule has 0 amide bonds. The molecule has 0 saturated carbocycles. The van der Waals surface area contributed by atoms with Crippen LogP contribution in [0.4, 0.5) is 0 Å². The SMILES string of the molecule is [O]CC[SH]1C=CC=C1. The van der Waals surface area contributed by atoms with Gasteiger partial charge in [-0.25, -0.2) is 16.0 Å². The first-order valence-electron chi connectivity index (χ1n) is 2.62. The highest BCUT2D eigenvalue weighted by molar-refractivity contribution is 8.22. The van der Waals surface area contributed by atoms with Crippen LogP contribution in [-0.2, 0) is 5.11 Å². The van der Waals surface area contributed by atoms with Crippen LogP contribution < -0.4 is 0 Å². The fourth-order valence-electron chi connectivity index (χ4n) is 0.625. The van der Waals surface area contributed by atoms with Gasteiger partial charge in [0.25, 0.3) is 0 Å². The summed E-state index contributed by atoms with van der Waals surface area (Å²) >= 11 is 0. The van der Waals surface area contributed by atoms with Crippen molar-refractivity contribution in [2.75, 3.05) is 12.4 Å². The van der Waals surface area contributed by atoms with E-state index in [1.54, 1.807) is 0 Å². The smallest absolute Gasteiger partial charge is 0.0901 e. The molecule has 0 bridgehead atoms. The lowest BCUT2D eigenvalue weighted by Gasteiger charge is -2.03. The van der Waals surface area contributed by atoms with Crippen molar-refractivity contribution in [3.05, 3.63) is 23.0 Å². The molecule has 1 radical (unpaired) electrons. The van der Waals surface area contributed by atoms with Crippen LogP contribution >= 0.6 is 10.9 Å². The molecule has 1 heterocycles. The molecule has 0 unspecified atom stereocenters. The van der Waals surface area contributed by atoms with E-state index in [0.29, 0.717) is 0 Å². The van der Waals surface area contributed by atoms with E-state index >= 15 is 0 Å². The fraction of sp³-hybridized carbons (Fsp3) is 0.333. The van der Waals surface area contributed by atoms with Crippen LogP contribution in [0.5, 0.6) is 0 Å². The Bertz CT molecular complexity index is 106. The minimum Gasteiger partial charge on any atom is -0.236 e. The zero-order valence-electron chi connectivity index (χ0n) is 4.58. The highest BCUT2D eigenvalue weighted by Gasteiger charge is 1.95. The largest absolute Gasteiger partial charge is 0.236 e. The lowest BCUT2D eigenvalue weighted by atomic mass is 10.6. The molecule has 0 aromatic heterocycles. The second kappa shape index (κ2) is 2.95. The summed E-state index contributed by atoms with van der Waals surface area (Å²) < 4.78 is 0. The Morgan fingerprint density at radius 2 is 1.88 bits per heavy atom. The van der Waals surface area contributed by atoms with Gasteiger partial charge in [0.2, 0.25) is 0 Å². The third kappa shape index (κ3) is 1.39. The van der Waals surface area contributed by atoms with Gasteiger partial charge in [-0.2, -0.15) is 0 Å². The van der Waals surface area contributed by atoms with Gasteiger partial charge in [-0.05, 0) is 10.8 Å². The van der Waals surface area contributed by atoms with Crippen molar-refractivity contribution in [3.63, 3.8) is 0 Å². The Balaban J connectivity index is 2.27. The maximum Gasteiger partial charge on any atom is 0.0901 e. The summed E-state index contributed by atoms with van der Waals surface area (Å²) in [5.41, 5.74) is 0. The fourth-order valence-corrected chi connectivity index (χ4v) is 1.87. The summed E-state index contributed by atoms with van der Waals surface area (Å²) in [6.45, 7) is 0.0698. The molecule has 1 rings (SSSR count). The minimum atomic E-state index is -0.119. The summed E-state index contributed by atoms with van der Waals surface area (Å²) in [7, 11) is -0.119. The van der Waals surface area contributed by atoms with E-state index < -0.39 is 0 Å². The number of hydrogen-bond donors (Lipinski definition) is 1. The number of thiol groups is 1. The molecule has 1 aliphatic heterocycles. The molecule has 0 atom stereocenters. The van der Waals surface area contributed by atoms with E-state index in [1.807, 2.05) is 12.2 Å². The Kier molecular flexibility index (Phi) is 2.18. The number of hydrogen-bond acceptors (Lipinski definition) is 0. The topological polar surface area (TPSA) is 19.9 Å². The normalized spacial score (nSPS) is 20.4. The Labute approximate surface area is 52.1 Å². The monoisotopic (exact) mass is 129 g/mol. The minimum absolute atomic E-state index is 0.0698. The van der Waals surface area contributed by atoms with Crippen LogP contribution in [0.2, 0.25) is 0 Å². The van der Waals surface area contributed by atoms with Crippen LogP contribution in [0.1, 0.15) is 0 Å². The third-order valence-electron chi connectivity index (χ3n) is 1.02. The lowest BCUT2D eigenvalue weighted by Crippen LogP contribution is -1.85. The second-order valence-electron chi connectivity index (χ2n) is 1.62. The third-order valence-corrected chi connectivity index (χ3v) is 2.82. The lowest BCUT2D eigenvalue weighted by molar-refractivity contribution is 0.215. The van der Waals surface area contributed by atoms with E-state index in [0.717, 1.165) is 5.75 Å². The molecule has 0 saturated heterocycles. The second-order valence-corrected chi connectivity index (χ2v) is 3.70. The maximum absolute atomic E-state index is 10.0. The summed E-state index contributed by atoms with van der Waals surface area (Å²) in [6.07, 6.45) is 4.03. The molecule has 0 aliphatic carbocycles. The van der Waals surface area contributed by atoms with E-state index in [-0.39, 0.29) is 17.5 Å². The van der Waals surface area contributed by atoms with Gasteiger partial charge in [-0.1, -0.05) is 12.2 Å². The highest BCUT2D eigenvalue weighted by atomic mass is 32.2. The van der Waals surface area contributed by atoms with Gasteiger partial charge in [0.05, 0.1) is 6.61 Å². The van der Waals surface area contributed by atoms with Crippen molar-refractivity contribution in [3.8, 4) is 0 Å². The van der Waals surface area contributed by atoms with Crippen molar-refractivity contribution in [2.24, 2.45) is 0 Å². The van der Waals surface area contributed by atoms with E-state index in [2.05, 4.69) is 10.8 Å². The van der Waals surface area contributed by atoms with Gasteiger partial charge in [-0.15, -0.1) is 0 Å². The summed E-state index contributed by atoms with van der Waals surface area (Å²) in [6, 6.07) is 0. The highest BCUT2D eigenvalue weighted by Crippen LogP contribution is 2.31. The predicted molar refractivity (Wildman–Crippen MR) is 37.7 cm³/mol. The summed E-state index contributed by atoms with van der Waals surface area (Å²) in [5.74, 6) is 0.822. The first-order valence-corrected chi connectivity index (χ1v) is 4.29. The molecular weight excluding hydrogens is 120 g/mol. The Morgan fingerprint density at radius 1 is 1.25 bits per heavy atom. The standard InChI is InChI=1S/C6H9OS/c7-3-6-8-4-1-2-5-8/h1-2,4-5,8H,3,6H2. The van der Waals surface area contributed by atoms with Gasteiger partial charge < -0.3 is 0 Å². The van der Waals surface area contributed by atoms with E-state index in [9.17, 15) is 5.11 Å². The number of rotatable bonds is 2. The molecule has 2 heteroatoms. The van der Waals surface area contributed by atoms with Gasteiger partial charge in [-0.3, -0.25) is 0 Å². The molecule has 0 aromatic rings. The molecule has 0 N–H and O–H groups in total. The molecule has 45 valence electrons. The predicted octanol–water partition coefficient (Wildman–Crippen LogP) is 1.46. The van der Waals surface area contributed by atoms with Gasteiger partial charge in [0.15, 0.2) is 0 Å². The first kappa shape index (κ1) is 5.92. The maximum atomic E-state index is 10.0.